The van der Waals surface area contributed by atoms with Crippen molar-refractivity contribution in [1.29, 1.82) is 0 Å². The molecular formula is C19H23BrN2O4S. The summed E-state index contributed by atoms with van der Waals surface area (Å²) in [4.78, 5) is 12.7. The summed E-state index contributed by atoms with van der Waals surface area (Å²) in [5.74, 6) is 0.0899. The molecule has 27 heavy (non-hydrogen) atoms. The van der Waals surface area contributed by atoms with Crippen LogP contribution in [0.4, 0.5) is 0 Å². The lowest BCUT2D eigenvalue weighted by atomic mass is 10.0. The maximum atomic E-state index is 12.6. The topological polar surface area (TPSA) is 84.5 Å². The number of carbonyl (C=O) groups is 1. The number of methoxy groups -OCH3 is 1. The molecule has 1 atom stereocenters. The molecule has 0 aliphatic rings. The van der Waals surface area contributed by atoms with Crippen LogP contribution in [-0.2, 0) is 21.4 Å². The van der Waals surface area contributed by atoms with E-state index in [1.165, 1.54) is 12.1 Å². The third kappa shape index (κ3) is 6.05. The standard InChI is InChI=1S/C19H23BrN2O4S/c1-13(2)18(22-27(24,25)17-9-7-15(20)8-10-17)19(23)21-12-14-5-4-6-16(11-14)26-3/h4-11,13,18,22H,12H2,1-3H3,(H,21,23)/t18-/m0/s1. The normalized spacial score (nSPS) is 12.6. The number of benzene rings is 2. The van der Waals surface area contributed by atoms with Crippen molar-refractivity contribution in [3.63, 3.8) is 0 Å². The molecule has 0 bridgehead atoms. The Labute approximate surface area is 168 Å². The van der Waals surface area contributed by atoms with Gasteiger partial charge in [0, 0.05) is 11.0 Å². The van der Waals surface area contributed by atoms with E-state index in [0.29, 0.717) is 5.75 Å². The van der Waals surface area contributed by atoms with Crippen LogP contribution >= 0.6 is 15.9 Å². The Bertz CT molecular complexity index is 883. The molecule has 1 amide bonds. The number of carbonyl (C=O) groups excluding carboxylic acids is 1. The summed E-state index contributed by atoms with van der Waals surface area (Å²) in [6.45, 7) is 3.86. The van der Waals surface area contributed by atoms with E-state index in [1.807, 2.05) is 24.3 Å². The maximum absolute atomic E-state index is 12.6. The first-order chi connectivity index (χ1) is 12.7. The number of ether oxygens (including phenoxy) is 1. The molecule has 2 aromatic rings. The molecule has 2 N–H and O–H groups in total. The summed E-state index contributed by atoms with van der Waals surface area (Å²) in [7, 11) is -2.24. The SMILES string of the molecule is COc1cccc(CNC(=O)[C@@H](NS(=O)(=O)c2ccc(Br)cc2)C(C)C)c1. The fourth-order valence-electron chi connectivity index (χ4n) is 2.42. The number of hydrogen-bond acceptors (Lipinski definition) is 4. The highest BCUT2D eigenvalue weighted by Gasteiger charge is 2.28. The molecule has 0 heterocycles. The lowest BCUT2D eigenvalue weighted by Crippen LogP contribution is -2.49. The maximum Gasteiger partial charge on any atom is 0.241 e. The number of rotatable bonds is 8. The molecule has 8 heteroatoms. The van der Waals surface area contributed by atoms with E-state index in [1.54, 1.807) is 33.1 Å². The van der Waals surface area contributed by atoms with Gasteiger partial charge in [-0.2, -0.15) is 4.72 Å². The van der Waals surface area contributed by atoms with Gasteiger partial charge in [-0.25, -0.2) is 8.42 Å². The van der Waals surface area contributed by atoms with Crippen LogP contribution in [0, 0.1) is 5.92 Å². The lowest BCUT2D eigenvalue weighted by molar-refractivity contribution is -0.123. The molecule has 0 spiro atoms. The minimum Gasteiger partial charge on any atom is -0.497 e. The van der Waals surface area contributed by atoms with Gasteiger partial charge in [0.1, 0.15) is 11.8 Å². The van der Waals surface area contributed by atoms with E-state index in [0.717, 1.165) is 10.0 Å². The van der Waals surface area contributed by atoms with E-state index in [4.69, 9.17) is 4.74 Å². The highest BCUT2D eigenvalue weighted by molar-refractivity contribution is 9.10. The number of sulfonamides is 1. The second kappa shape index (κ2) is 9.34. The van der Waals surface area contributed by atoms with E-state index < -0.39 is 16.1 Å². The third-order valence-corrected chi connectivity index (χ3v) is 5.94. The minimum atomic E-state index is -3.81. The molecule has 146 valence electrons. The fourth-order valence-corrected chi connectivity index (χ4v) is 4.03. The van der Waals surface area contributed by atoms with Crippen molar-refractivity contribution in [2.24, 2.45) is 5.92 Å². The average molecular weight is 455 g/mol. The van der Waals surface area contributed by atoms with Gasteiger partial charge in [0.25, 0.3) is 0 Å². The number of hydrogen-bond donors (Lipinski definition) is 2. The van der Waals surface area contributed by atoms with Gasteiger partial charge in [0.15, 0.2) is 0 Å². The van der Waals surface area contributed by atoms with Crippen molar-refractivity contribution in [1.82, 2.24) is 10.0 Å². The van der Waals surface area contributed by atoms with Gasteiger partial charge >= 0.3 is 0 Å². The first-order valence-electron chi connectivity index (χ1n) is 8.41. The van der Waals surface area contributed by atoms with Gasteiger partial charge in [0.2, 0.25) is 15.9 Å². The molecule has 2 rings (SSSR count). The van der Waals surface area contributed by atoms with Gasteiger partial charge in [-0.05, 0) is 47.9 Å². The Morgan fingerprint density at radius 2 is 1.81 bits per heavy atom. The average Bonchev–Trinajstić information content (AvgIpc) is 2.64. The van der Waals surface area contributed by atoms with Crippen molar-refractivity contribution in [2.45, 2.75) is 31.3 Å². The Hall–Kier alpha value is -1.90. The quantitative estimate of drug-likeness (QED) is 0.641. The molecule has 0 saturated heterocycles. The first kappa shape index (κ1) is 21.4. The van der Waals surface area contributed by atoms with Crippen LogP contribution < -0.4 is 14.8 Å². The third-order valence-electron chi connectivity index (χ3n) is 3.96. The number of halogens is 1. The second-order valence-electron chi connectivity index (χ2n) is 6.37. The Kier molecular flexibility index (Phi) is 7.41. The fraction of sp³-hybridized carbons (Fsp3) is 0.316. The van der Waals surface area contributed by atoms with Crippen molar-refractivity contribution < 1.29 is 17.9 Å². The zero-order chi connectivity index (χ0) is 20.0. The number of nitrogens with one attached hydrogen (secondary N) is 2. The van der Waals surface area contributed by atoms with E-state index in [9.17, 15) is 13.2 Å². The van der Waals surface area contributed by atoms with Crippen LogP contribution in [-0.4, -0.2) is 27.5 Å². The molecule has 6 nitrogen and oxygen atoms in total. The minimum absolute atomic E-state index is 0.108. The Balaban J connectivity index is 2.09. The smallest absolute Gasteiger partial charge is 0.241 e. The van der Waals surface area contributed by atoms with Gasteiger partial charge in [-0.15, -0.1) is 0 Å². The van der Waals surface area contributed by atoms with Crippen molar-refractivity contribution in [3.05, 3.63) is 58.6 Å². The molecule has 0 aliphatic carbocycles. The van der Waals surface area contributed by atoms with Crippen LogP contribution in [0.5, 0.6) is 5.75 Å². The zero-order valence-corrected chi connectivity index (χ0v) is 17.8. The largest absolute Gasteiger partial charge is 0.497 e. The summed E-state index contributed by atoms with van der Waals surface area (Å²) in [5, 5.41) is 2.79. The highest BCUT2D eigenvalue weighted by atomic mass is 79.9. The van der Waals surface area contributed by atoms with E-state index in [2.05, 4.69) is 26.0 Å². The van der Waals surface area contributed by atoms with Crippen molar-refractivity contribution in [3.8, 4) is 5.75 Å². The molecule has 0 saturated carbocycles. The van der Waals surface area contributed by atoms with Gasteiger partial charge in [-0.3, -0.25) is 4.79 Å². The molecular weight excluding hydrogens is 432 g/mol. The summed E-state index contributed by atoms with van der Waals surface area (Å²) >= 11 is 3.27. The van der Waals surface area contributed by atoms with Crippen LogP contribution in [0.15, 0.2) is 57.9 Å². The Morgan fingerprint density at radius 1 is 1.15 bits per heavy atom. The summed E-state index contributed by atoms with van der Waals surface area (Å²) in [5.41, 5.74) is 0.862. The van der Waals surface area contributed by atoms with E-state index in [-0.39, 0.29) is 23.3 Å². The van der Waals surface area contributed by atoms with Crippen LogP contribution in [0.3, 0.4) is 0 Å². The van der Waals surface area contributed by atoms with E-state index >= 15 is 0 Å². The highest BCUT2D eigenvalue weighted by Crippen LogP contribution is 2.16. The second-order valence-corrected chi connectivity index (χ2v) is 9.00. The zero-order valence-electron chi connectivity index (χ0n) is 15.4. The van der Waals surface area contributed by atoms with Gasteiger partial charge in [-0.1, -0.05) is 41.9 Å². The van der Waals surface area contributed by atoms with Crippen LogP contribution in [0.2, 0.25) is 0 Å². The number of amides is 1. The first-order valence-corrected chi connectivity index (χ1v) is 10.7. The molecule has 0 aromatic heterocycles. The molecule has 2 aromatic carbocycles. The molecule has 0 radical (unpaired) electrons. The summed E-state index contributed by atoms with van der Waals surface area (Å²) < 4.78 is 33.6. The van der Waals surface area contributed by atoms with Crippen molar-refractivity contribution >= 4 is 31.9 Å². The van der Waals surface area contributed by atoms with Gasteiger partial charge in [0.05, 0.1) is 12.0 Å². The Morgan fingerprint density at radius 3 is 2.41 bits per heavy atom. The monoisotopic (exact) mass is 454 g/mol. The molecule has 0 unspecified atom stereocenters. The van der Waals surface area contributed by atoms with Crippen molar-refractivity contribution in [2.75, 3.05) is 7.11 Å². The lowest BCUT2D eigenvalue weighted by Gasteiger charge is -2.21. The summed E-state index contributed by atoms with van der Waals surface area (Å²) in [6, 6.07) is 12.7. The van der Waals surface area contributed by atoms with Crippen LogP contribution in [0.1, 0.15) is 19.4 Å². The van der Waals surface area contributed by atoms with Crippen LogP contribution in [0.25, 0.3) is 0 Å². The molecule has 0 aliphatic heterocycles. The predicted octanol–water partition coefficient (Wildman–Crippen LogP) is 3.08. The molecule has 0 fully saturated rings. The summed E-state index contributed by atoms with van der Waals surface area (Å²) in [6.07, 6.45) is 0. The predicted molar refractivity (Wildman–Crippen MR) is 108 cm³/mol. The van der Waals surface area contributed by atoms with Gasteiger partial charge < -0.3 is 10.1 Å².